The predicted molar refractivity (Wildman–Crippen MR) is 80.2 cm³/mol. The Balaban J connectivity index is 1.88. The fourth-order valence-corrected chi connectivity index (χ4v) is 3.83. The molecule has 2 aliphatic carbocycles. The number of hydrogen-bond acceptors (Lipinski definition) is 2. The summed E-state index contributed by atoms with van der Waals surface area (Å²) in [6, 6.07) is 0.690. The molecule has 0 N–H and O–H groups in total. The molecule has 0 spiro atoms. The minimum atomic E-state index is 0.379. The van der Waals surface area contributed by atoms with Crippen LogP contribution in [0.25, 0.3) is 0 Å². The van der Waals surface area contributed by atoms with Gasteiger partial charge in [0.2, 0.25) is 0 Å². The van der Waals surface area contributed by atoms with Crippen LogP contribution in [0.5, 0.6) is 0 Å². The smallest absolute Gasteiger partial charge is 0.149 e. The molecule has 19 heavy (non-hydrogen) atoms. The van der Waals surface area contributed by atoms with E-state index in [-0.39, 0.29) is 0 Å². The van der Waals surface area contributed by atoms with Crippen molar-refractivity contribution in [2.75, 3.05) is 13.1 Å². The lowest BCUT2D eigenvalue weighted by Gasteiger charge is -2.31. The van der Waals surface area contributed by atoms with Crippen LogP contribution in [0.1, 0.15) is 71.6 Å². The monoisotopic (exact) mass is 265 g/mol. The van der Waals surface area contributed by atoms with E-state index in [4.69, 9.17) is 0 Å². The molecule has 0 bridgehead atoms. The quantitative estimate of drug-likeness (QED) is 0.722. The molecule has 2 aliphatic rings. The maximum atomic E-state index is 12.5. The van der Waals surface area contributed by atoms with E-state index in [1.165, 1.54) is 44.9 Å². The first-order valence-corrected chi connectivity index (χ1v) is 8.43. The van der Waals surface area contributed by atoms with Gasteiger partial charge in [0.25, 0.3) is 0 Å². The Morgan fingerprint density at radius 1 is 1.00 bits per heavy atom. The summed E-state index contributed by atoms with van der Waals surface area (Å²) in [5, 5.41) is 0. The zero-order valence-electron chi connectivity index (χ0n) is 12.9. The van der Waals surface area contributed by atoms with E-state index in [0.717, 1.165) is 25.9 Å². The molecular weight excluding hydrogens is 234 g/mol. The summed E-state index contributed by atoms with van der Waals surface area (Å²) >= 11 is 0. The van der Waals surface area contributed by atoms with Gasteiger partial charge in [-0.3, -0.25) is 9.69 Å². The molecular formula is C17H31NO. The predicted octanol–water partition coefficient (Wildman–Crippen LogP) is 4.04. The molecule has 2 rings (SSSR count). The van der Waals surface area contributed by atoms with Gasteiger partial charge in [0.05, 0.1) is 6.54 Å². The average molecular weight is 265 g/mol. The fourth-order valence-electron chi connectivity index (χ4n) is 3.83. The third-order valence-corrected chi connectivity index (χ3v) is 4.86. The summed E-state index contributed by atoms with van der Waals surface area (Å²) in [5.41, 5.74) is 0. The van der Waals surface area contributed by atoms with Gasteiger partial charge in [-0.05, 0) is 31.6 Å². The van der Waals surface area contributed by atoms with Crippen LogP contribution < -0.4 is 0 Å². The van der Waals surface area contributed by atoms with Crippen LogP contribution in [0, 0.1) is 11.8 Å². The first-order chi connectivity index (χ1) is 9.16. The van der Waals surface area contributed by atoms with Crippen LogP contribution in [0.15, 0.2) is 0 Å². The van der Waals surface area contributed by atoms with E-state index in [2.05, 4.69) is 18.7 Å². The van der Waals surface area contributed by atoms with E-state index in [1.54, 1.807) is 0 Å². The SMILES string of the molecule is CC(C)CN(CC(=O)C1CCCCC1)C1CCCC1. The lowest BCUT2D eigenvalue weighted by Crippen LogP contribution is -2.41. The Labute approximate surface area is 118 Å². The normalized spacial score (nSPS) is 22.5. The Morgan fingerprint density at radius 3 is 2.16 bits per heavy atom. The topological polar surface area (TPSA) is 20.3 Å². The minimum Gasteiger partial charge on any atom is -0.298 e. The second kappa shape index (κ2) is 7.42. The number of hydrogen-bond donors (Lipinski definition) is 0. The first kappa shape index (κ1) is 15.0. The van der Waals surface area contributed by atoms with Gasteiger partial charge in [0, 0.05) is 18.5 Å². The van der Waals surface area contributed by atoms with Crippen LogP contribution in [-0.4, -0.2) is 29.8 Å². The number of carbonyl (C=O) groups excluding carboxylic acids is 1. The number of nitrogens with zero attached hydrogens (tertiary/aromatic N) is 1. The first-order valence-electron chi connectivity index (χ1n) is 8.43. The number of Topliss-reactive ketones (excluding diaryl/α,β-unsaturated/α-hetero) is 1. The third kappa shape index (κ3) is 4.59. The Morgan fingerprint density at radius 2 is 1.58 bits per heavy atom. The van der Waals surface area contributed by atoms with Gasteiger partial charge in [0.15, 0.2) is 0 Å². The molecule has 0 aliphatic heterocycles. The van der Waals surface area contributed by atoms with E-state index in [9.17, 15) is 4.79 Å². The zero-order valence-corrected chi connectivity index (χ0v) is 12.9. The van der Waals surface area contributed by atoms with Crippen LogP contribution in [0.3, 0.4) is 0 Å². The molecule has 0 heterocycles. The number of ketones is 1. The van der Waals surface area contributed by atoms with Gasteiger partial charge >= 0.3 is 0 Å². The van der Waals surface area contributed by atoms with E-state index in [0.29, 0.717) is 23.7 Å². The van der Waals surface area contributed by atoms with Crippen molar-refractivity contribution in [1.29, 1.82) is 0 Å². The molecule has 2 saturated carbocycles. The molecule has 0 aromatic rings. The summed E-state index contributed by atoms with van der Waals surface area (Å²) in [7, 11) is 0. The molecule has 0 unspecified atom stereocenters. The zero-order chi connectivity index (χ0) is 13.7. The second-order valence-corrected chi connectivity index (χ2v) is 7.06. The Bertz CT molecular complexity index is 275. The molecule has 2 heteroatoms. The van der Waals surface area contributed by atoms with Gasteiger partial charge < -0.3 is 0 Å². The average Bonchev–Trinajstić information content (AvgIpc) is 2.92. The van der Waals surface area contributed by atoms with Gasteiger partial charge in [0.1, 0.15) is 5.78 Å². The maximum absolute atomic E-state index is 12.5. The standard InChI is InChI=1S/C17H31NO/c1-14(2)12-18(16-10-6-7-11-16)13-17(19)15-8-4-3-5-9-15/h14-16H,3-13H2,1-2H3. The molecule has 0 aromatic carbocycles. The highest BCUT2D eigenvalue weighted by Crippen LogP contribution is 2.27. The largest absolute Gasteiger partial charge is 0.298 e. The lowest BCUT2D eigenvalue weighted by atomic mass is 9.86. The molecule has 0 saturated heterocycles. The fraction of sp³-hybridized carbons (Fsp3) is 0.941. The highest BCUT2D eigenvalue weighted by molar-refractivity contribution is 5.83. The Hall–Kier alpha value is -0.370. The number of rotatable bonds is 6. The van der Waals surface area contributed by atoms with Gasteiger partial charge in [-0.1, -0.05) is 46.0 Å². The van der Waals surface area contributed by atoms with E-state index >= 15 is 0 Å². The minimum absolute atomic E-state index is 0.379. The molecule has 0 atom stereocenters. The van der Waals surface area contributed by atoms with Gasteiger partial charge in [-0.2, -0.15) is 0 Å². The summed E-state index contributed by atoms with van der Waals surface area (Å²) in [4.78, 5) is 15.0. The van der Waals surface area contributed by atoms with Crippen molar-refractivity contribution in [2.45, 2.75) is 77.7 Å². The van der Waals surface area contributed by atoms with Crippen molar-refractivity contribution >= 4 is 5.78 Å². The van der Waals surface area contributed by atoms with Crippen LogP contribution in [0.2, 0.25) is 0 Å². The highest BCUT2D eigenvalue weighted by Gasteiger charge is 2.28. The van der Waals surface area contributed by atoms with Gasteiger partial charge in [-0.25, -0.2) is 0 Å². The van der Waals surface area contributed by atoms with E-state index in [1.807, 2.05) is 0 Å². The molecule has 0 aromatic heterocycles. The summed E-state index contributed by atoms with van der Waals surface area (Å²) in [5.74, 6) is 1.58. The summed E-state index contributed by atoms with van der Waals surface area (Å²) < 4.78 is 0. The van der Waals surface area contributed by atoms with Crippen LogP contribution in [0.4, 0.5) is 0 Å². The van der Waals surface area contributed by atoms with Crippen LogP contribution in [-0.2, 0) is 4.79 Å². The maximum Gasteiger partial charge on any atom is 0.149 e. The Kier molecular flexibility index (Phi) is 5.87. The van der Waals surface area contributed by atoms with E-state index < -0.39 is 0 Å². The van der Waals surface area contributed by atoms with Crippen molar-refractivity contribution < 1.29 is 4.79 Å². The van der Waals surface area contributed by atoms with Gasteiger partial charge in [-0.15, -0.1) is 0 Å². The molecule has 0 amide bonds. The van der Waals surface area contributed by atoms with Crippen LogP contribution >= 0.6 is 0 Å². The third-order valence-electron chi connectivity index (χ3n) is 4.86. The van der Waals surface area contributed by atoms with Crippen molar-refractivity contribution in [2.24, 2.45) is 11.8 Å². The highest BCUT2D eigenvalue weighted by atomic mass is 16.1. The lowest BCUT2D eigenvalue weighted by molar-refractivity contribution is -0.125. The van der Waals surface area contributed by atoms with Crippen molar-refractivity contribution in [1.82, 2.24) is 4.90 Å². The van der Waals surface area contributed by atoms with Crippen molar-refractivity contribution in [3.63, 3.8) is 0 Å². The second-order valence-electron chi connectivity index (χ2n) is 7.06. The molecule has 2 nitrogen and oxygen atoms in total. The number of carbonyl (C=O) groups is 1. The summed E-state index contributed by atoms with van der Waals surface area (Å²) in [6.07, 6.45) is 11.5. The summed E-state index contributed by atoms with van der Waals surface area (Å²) in [6.45, 7) is 6.37. The van der Waals surface area contributed by atoms with Crippen molar-refractivity contribution in [3.05, 3.63) is 0 Å². The molecule has 0 radical (unpaired) electrons. The molecule has 2 fully saturated rings. The van der Waals surface area contributed by atoms with Crippen molar-refractivity contribution in [3.8, 4) is 0 Å². The molecule has 110 valence electrons.